The van der Waals surface area contributed by atoms with Gasteiger partial charge < -0.3 is 4.42 Å². The van der Waals surface area contributed by atoms with Crippen molar-refractivity contribution in [3.63, 3.8) is 0 Å². The van der Waals surface area contributed by atoms with Gasteiger partial charge in [0.15, 0.2) is 0 Å². The maximum Gasteiger partial charge on any atom is 0.135 e. The molecule has 1 nitrogen and oxygen atoms in total. The Hall–Kier alpha value is -1.76. The maximum atomic E-state index is 5.65. The van der Waals surface area contributed by atoms with Gasteiger partial charge in [-0.15, -0.1) is 0 Å². The van der Waals surface area contributed by atoms with Crippen molar-refractivity contribution in [3.05, 3.63) is 48.5 Å². The normalized spacial score (nSPS) is 11.5. The van der Waals surface area contributed by atoms with E-state index in [1.54, 1.807) is 0 Å². The summed E-state index contributed by atoms with van der Waals surface area (Å²) in [5.41, 5.74) is 2.92. The Kier molecular flexibility index (Phi) is 6.44. The summed E-state index contributed by atoms with van der Waals surface area (Å²) in [6.07, 6.45) is 0. The van der Waals surface area contributed by atoms with Gasteiger partial charge in [0, 0.05) is 10.8 Å². The maximum absolute atomic E-state index is 5.65. The van der Waals surface area contributed by atoms with Crippen LogP contribution in [-0.4, -0.2) is 0 Å². The highest BCUT2D eigenvalue weighted by Gasteiger charge is 2.03. The molecule has 0 aliphatic rings. The van der Waals surface area contributed by atoms with Crippen LogP contribution in [0.4, 0.5) is 0 Å². The minimum atomic E-state index is 0.500. The number of furan rings is 1. The Morgan fingerprint density at radius 2 is 0.783 bits per heavy atom. The fraction of sp³-hybridized carbons (Fsp3) is 0.455. The second kappa shape index (κ2) is 7.68. The predicted molar refractivity (Wildman–Crippen MR) is 104 cm³/mol. The number of para-hydroxylation sites is 2. The second-order valence-corrected chi connectivity index (χ2v) is 9.09. The molecule has 0 amide bonds. The van der Waals surface area contributed by atoms with Crippen LogP contribution >= 0.6 is 0 Å². The number of benzene rings is 2. The summed E-state index contributed by atoms with van der Waals surface area (Å²) in [4.78, 5) is 0. The Morgan fingerprint density at radius 1 is 0.522 bits per heavy atom. The highest BCUT2D eigenvalue weighted by Crippen LogP contribution is 2.27. The van der Waals surface area contributed by atoms with Crippen LogP contribution < -0.4 is 0 Å². The molecule has 3 aromatic rings. The Balaban J connectivity index is 0.000000224. The van der Waals surface area contributed by atoms with E-state index in [9.17, 15) is 0 Å². The van der Waals surface area contributed by atoms with Crippen LogP contribution in [0.15, 0.2) is 52.9 Å². The quantitative estimate of drug-likeness (QED) is 0.414. The van der Waals surface area contributed by atoms with Crippen molar-refractivity contribution in [2.45, 2.75) is 55.4 Å². The fourth-order valence-electron chi connectivity index (χ4n) is 1.67. The van der Waals surface area contributed by atoms with E-state index in [1.165, 1.54) is 10.8 Å². The molecule has 0 aliphatic carbocycles. The van der Waals surface area contributed by atoms with Crippen molar-refractivity contribution in [1.82, 2.24) is 0 Å². The molecule has 2 aromatic carbocycles. The van der Waals surface area contributed by atoms with E-state index >= 15 is 0 Å². The largest absolute Gasteiger partial charge is 0.456 e. The highest BCUT2D eigenvalue weighted by atomic mass is 16.3. The molecule has 1 heteroatoms. The second-order valence-electron chi connectivity index (χ2n) is 9.09. The highest BCUT2D eigenvalue weighted by molar-refractivity contribution is 6.04. The van der Waals surface area contributed by atoms with Crippen LogP contribution in [0.25, 0.3) is 21.9 Å². The third kappa shape index (κ3) is 8.44. The molecule has 0 spiro atoms. The van der Waals surface area contributed by atoms with Crippen LogP contribution in [0.5, 0.6) is 0 Å². The summed E-state index contributed by atoms with van der Waals surface area (Å²) in [6.45, 7) is 17.5. The first kappa shape index (κ1) is 19.3. The molecule has 1 aromatic heterocycles. The van der Waals surface area contributed by atoms with Crippen LogP contribution in [-0.2, 0) is 0 Å². The lowest BCUT2D eigenvalue weighted by Gasteiger charge is -2.05. The first-order valence-corrected chi connectivity index (χ1v) is 8.31. The molecule has 0 aliphatic heterocycles. The smallest absolute Gasteiger partial charge is 0.135 e. The molecule has 0 bridgehead atoms. The number of hydrogen-bond donors (Lipinski definition) is 0. The van der Waals surface area contributed by atoms with E-state index in [4.69, 9.17) is 4.42 Å². The van der Waals surface area contributed by atoms with Gasteiger partial charge in [-0.05, 0) is 23.0 Å². The van der Waals surface area contributed by atoms with Gasteiger partial charge in [0.25, 0.3) is 0 Å². The van der Waals surface area contributed by atoms with Crippen molar-refractivity contribution >= 4 is 21.9 Å². The van der Waals surface area contributed by atoms with Gasteiger partial charge in [0.2, 0.25) is 0 Å². The zero-order valence-electron chi connectivity index (χ0n) is 16.0. The van der Waals surface area contributed by atoms with E-state index in [-0.39, 0.29) is 0 Å². The minimum Gasteiger partial charge on any atom is -0.456 e. The molecular weight excluding hydrogens is 280 g/mol. The van der Waals surface area contributed by atoms with Gasteiger partial charge in [0.05, 0.1) is 0 Å². The standard InChI is InChI=1S/C12H8O.2C5H12/c1-3-7-11-9(5-1)10-6-2-4-8-12(10)13-11;2*1-5(2,3)4/h1-8H;2*1-4H3. The predicted octanol–water partition coefficient (Wildman–Crippen LogP) is 7.69. The fourth-order valence-corrected chi connectivity index (χ4v) is 1.67. The lowest BCUT2D eigenvalue weighted by molar-refractivity contribution is 0.469. The van der Waals surface area contributed by atoms with Gasteiger partial charge in [-0.2, -0.15) is 0 Å². The molecule has 1 heterocycles. The Labute approximate surface area is 141 Å². The summed E-state index contributed by atoms with van der Waals surface area (Å²) in [6, 6.07) is 16.2. The average molecular weight is 312 g/mol. The molecule has 0 N–H and O–H groups in total. The molecular formula is C22H32O. The monoisotopic (exact) mass is 312 g/mol. The molecule has 3 rings (SSSR count). The summed E-state index contributed by atoms with van der Waals surface area (Å²) >= 11 is 0. The first-order valence-electron chi connectivity index (χ1n) is 8.31. The minimum absolute atomic E-state index is 0.500. The van der Waals surface area contributed by atoms with Crippen molar-refractivity contribution in [3.8, 4) is 0 Å². The van der Waals surface area contributed by atoms with Gasteiger partial charge in [-0.1, -0.05) is 91.8 Å². The van der Waals surface area contributed by atoms with Crippen LogP contribution in [0, 0.1) is 10.8 Å². The first-order chi connectivity index (χ1) is 10.4. The third-order valence-electron chi connectivity index (χ3n) is 2.28. The summed E-state index contributed by atoms with van der Waals surface area (Å²) in [5, 5.41) is 2.39. The number of rotatable bonds is 0. The Bertz CT molecular complexity index is 646. The van der Waals surface area contributed by atoms with E-state index in [1.807, 2.05) is 36.4 Å². The number of fused-ring (bicyclic) bond motifs is 3. The molecule has 126 valence electrons. The lowest BCUT2D eigenvalue weighted by atomic mass is 10.0. The zero-order valence-corrected chi connectivity index (χ0v) is 16.0. The van der Waals surface area contributed by atoms with Crippen LogP contribution in [0.2, 0.25) is 0 Å². The molecule has 0 fully saturated rings. The van der Waals surface area contributed by atoms with Crippen LogP contribution in [0.3, 0.4) is 0 Å². The van der Waals surface area contributed by atoms with E-state index in [0.717, 1.165) is 11.2 Å². The number of hydrogen-bond acceptors (Lipinski definition) is 1. The molecule has 23 heavy (non-hydrogen) atoms. The summed E-state index contributed by atoms with van der Waals surface area (Å²) < 4.78 is 5.65. The molecule has 0 radical (unpaired) electrons. The zero-order chi connectivity index (χ0) is 17.7. The molecule has 0 atom stereocenters. The topological polar surface area (TPSA) is 13.1 Å². The van der Waals surface area contributed by atoms with Crippen molar-refractivity contribution in [1.29, 1.82) is 0 Å². The molecule has 0 unspecified atom stereocenters. The average Bonchev–Trinajstić information content (AvgIpc) is 2.73. The van der Waals surface area contributed by atoms with E-state index < -0.39 is 0 Å². The van der Waals surface area contributed by atoms with Gasteiger partial charge in [-0.3, -0.25) is 0 Å². The van der Waals surface area contributed by atoms with E-state index in [2.05, 4.69) is 67.5 Å². The summed E-state index contributed by atoms with van der Waals surface area (Å²) in [5.74, 6) is 0. The van der Waals surface area contributed by atoms with Crippen molar-refractivity contribution in [2.75, 3.05) is 0 Å². The molecule has 0 saturated heterocycles. The lowest BCUT2D eigenvalue weighted by Crippen LogP contribution is -1.93. The van der Waals surface area contributed by atoms with Gasteiger partial charge in [-0.25, -0.2) is 0 Å². The van der Waals surface area contributed by atoms with E-state index in [0.29, 0.717) is 10.8 Å². The van der Waals surface area contributed by atoms with Crippen molar-refractivity contribution in [2.24, 2.45) is 10.8 Å². The summed E-state index contributed by atoms with van der Waals surface area (Å²) in [7, 11) is 0. The van der Waals surface area contributed by atoms with Gasteiger partial charge in [0.1, 0.15) is 11.2 Å². The van der Waals surface area contributed by atoms with Crippen molar-refractivity contribution < 1.29 is 4.42 Å². The Morgan fingerprint density at radius 3 is 1.09 bits per heavy atom. The molecule has 0 saturated carbocycles. The van der Waals surface area contributed by atoms with Gasteiger partial charge >= 0.3 is 0 Å². The third-order valence-corrected chi connectivity index (χ3v) is 2.28. The SMILES string of the molecule is CC(C)(C)C.CC(C)(C)C.c1ccc2c(c1)oc1ccccc12. The van der Waals surface area contributed by atoms with Crippen LogP contribution in [0.1, 0.15) is 55.4 Å².